The Hall–Kier alpha value is -2.46. The number of aromatic nitrogens is 3. The molecule has 1 aliphatic heterocycles. The lowest BCUT2D eigenvalue weighted by molar-refractivity contribution is 0.0679. The summed E-state index contributed by atoms with van der Waals surface area (Å²) in [5.41, 5.74) is 1.71. The molecule has 0 N–H and O–H groups in total. The minimum atomic E-state index is -3.24. The highest BCUT2D eigenvalue weighted by Gasteiger charge is 2.31. The molecule has 2 heterocycles. The Labute approximate surface area is 164 Å². The first-order valence-electron chi connectivity index (χ1n) is 9.01. The van der Waals surface area contributed by atoms with Gasteiger partial charge in [0.2, 0.25) is 10.0 Å². The summed E-state index contributed by atoms with van der Waals surface area (Å²) >= 11 is 0. The minimum absolute atomic E-state index is 0.0902. The first-order valence-corrected chi connectivity index (χ1v) is 10.9. The summed E-state index contributed by atoms with van der Waals surface area (Å²) in [5, 5.41) is 8.22. The topological polar surface area (TPSA) is 97.6 Å². The van der Waals surface area contributed by atoms with Crippen LogP contribution in [0.2, 0.25) is 0 Å². The van der Waals surface area contributed by atoms with Crippen LogP contribution in [-0.4, -0.2) is 78.1 Å². The van der Waals surface area contributed by atoms with E-state index in [2.05, 4.69) is 10.3 Å². The lowest BCUT2D eigenvalue weighted by atomic mass is 10.0. The Morgan fingerprint density at radius 2 is 1.96 bits per heavy atom. The average molecular weight is 407 g/mol. The second-order valence-corrected chi connectivity index (χ2v) is 8.98. The molecule has 9 nitrogen and oxygen atoms in total. The van der Waals surface area contributed by atoms with Gasteiger partial charge in [-0.15, -0.1) is 5.10 Å². The lowest BCUT2D eigenvalue weighted by Gasteiger charge is -2.35. The molecule has 0 unspecified atom stereocenters. The van der Waals surface area contributed by atoms with Crippen molar-refractivity contribution in [2.45, 2.75) is 25.8 Å². The molecule has 1 aromatic heterocycles. The molecule has 0 saturated carbocycles. The standard InChI is InChI=1S/C18H25N5O4S/c1-13-17(19-20-23(13)15-6-5-7-16(12-15)27-3)18(24)22-10-8-14(9-11-22)21(2)28(4,25)26/h5-7,12,14H,8-11H2,1-4H3. The molecule has 10 heteroatoms. The monoisotopic (exact) mass is 407 g/mol. The van der Waals surface area contributed by atoms with Crippen LogP contribution in [0.15, 0.2) is 24.3 Å². The number of nitrogens with zero attached hydrogens (tertiary/aromatic N) is 5. The highest BCUT2D eigenvalue weighted by Crippen LogP contribution is 2.21. The molecule has 0 atom stereocenters. The summed E-state index contributed by atoms with van der Waals surface area (Å²) < 4.78 is 31.7. The maximum Gasteiger partial charge on any atom is 0.276 e. The van der Waals surface area contributed by atoms with E-state index in [0.717, 1.165) is 5.69 Å². The number of likely N-dealkylation sites (tertiary alicyclic amines) is 1. The van der Waals surface area contributed by atoms with E-state index < -0.39 is 10.0 Å². The van der Waals surface area contributed by atoms with Gasteiger partial charge in [-0.2, -0.15) is 0 Å². The van der Waals surface area contributed by atoms with Crippen molar-refractivity contribution in [3.63, 3.8) is 0 Å². The summed E-state index contributed by atoms with van der Waals surface area (Å²) in [4.78, 5) is 14.6. The number of rotatable bonds is 5. The number of sulfonamides is 1. The van der Waals surface area contributed by atoms with Gasteiger partial charge in [0.05, 0.1) is 24.7 Å². The number of hydrogen-bond donors (Lipinski definition) is 0. The number of hydrogen-bond acceptors (Lipinski definition) is 6. The van der Waals surface area contributed by atoms with Crippen LogP contribution in [-0.2, 0) is 10.0 Å². The Morgan fingerprint density at radius 3 is 2.57 bits per heavy atom. The van der Waals surface area contributed by atoms with Gasteiger partial charge in [0.15, 0.2) is 5.69 Å². The maximum atomic E-state index is 12.9. The molecule has 1 amide bonds. The molecule has 1 fully saturated rings. The van der Waals surface area contributed by atoms with Gasteiger partial charge in [-0.3, -0.25) is 4.79 Å². The van der Waals surface area contributed by atoms with Crippen molar-refractivity contribution in [1.29, 1.82) is 0 Å². The van der Waals surface area contributed by atoms with E-state index in [1.165, 1.54) is 10.6 Å². The van der Waals surface area contributed by atoms with Crippen LogP contribution in [0, 0.1) is 6.92 Å². The Balaban J connectivity index is 1.73. The van der Waals surface area contributed by atoms with E-state index in [1.54, 1.807) is 30.7 Å². The predicted octanol–water partition coefficient (Wildman–Crippen LogP) is 1.08. The van der Waals surface area contributed by atoms with Crippen molar-refractivity contribution in [1.82, 2.24) is 24.2 Å². The van der Waals surface area contributed by atoms with Crippen LogP contribution in [0.3, 0.4) is 0 Å². The molecule has 0 aliphatic carbocycles. The summed E-state index contributed by atoms with van der Waals surface area (Å²) in [6, 6.07) is 7.28. The molecular formula is C18H25N5O4S. The zero-order valence-electron chi connectivity index (χ0n) is 16.5. The summed E-state index contributed by atoms with van der Waals surface area (Å²) in [7, 11) is -0.0631. The number of amides is 1. The largest absolute Gasteiger partial charge is 0.497 e. The maximum absolute atomic E-state index is 12.9. The second-order valence-electron chi connectivity index (χ2n) is 6.94. The van der Waals surface area contributed by atoms with Gasteiger partial charge in [0.1, 0.15) is 5.75 Å². The number of carbonyl (C=O) groups is 1. The van der Waals surface area contributed by atoms with E-state index in [4.69, 9.17) is 4.74 Å². The molecule has 3 rings (SSSR count). The highest BCUT2D eigenvalue weighted by atomic mass is 32.2. The summed E-state index contributed by atoms with van der Waals surface area (Å²) in [6.07, 6.45) is 2.39. The van der Waals surface area contributed by atoms with Crippen molar-refractivity contribution < 1.29 is 17.9 Å². The molecule has 0 bridgehead atoms. The summed E-state index contributed by atoms with van der Waals surface area (Å²) in [5.74, 6) is 0.504. The van der Waals surface area contributed by atoms with Crippen LogP contribution in [0.4, 0.5) is 0 Å². The van der Waals surface area contributed by atoms with Gasteiger partial charge in [0.25, 0.3) is 5.91 Å². The number of benzene rings is 1. The third-order valence-corrected chi connectivity index (χ3v) is 6.53. The number of carbonyl (C=O) groups excluding carboxylic acids is 1. The molecule has 1 aliphatic rings. The molecule has 0 radical (unpaired) electrons. The van der Waals surface area contributed by atoms with Crippen molar-refractivity contribution in [2.75, 3.05) is 33.5 Å². The Morgan fingerprint density at radius 1 is 1.29 bits per heavy atom. The fraction of sp³-hybridized carbons (Fsp3) is 0.500. The average Bonchev–Trinajstić information content (AvgIpc) is 3.07. The van der Waals surface area contributed by atoms with E-state index in [1.807, 2.05) is 24.3 Å². The predicted molar refractivity (Wildman–Crippen MR) is 104 cm³/mol. The first kappa shape index (κ1) is 20.3. The number of ether oxygens (including phenoxy) is 1. The van der Waals surface area contributed by atoms with Crippen LogP contribution in [0.25, 0.3) is 5.69 Å². The number of methoxy groups -OCH3 is 1. The van der Waals surface area contributed by atoms with Gasteiger partial charge in [-0.05, 0) is 31.9 Å². The lowest BCUT2D eigenvalue weighted by Crippen LogP contribution is -2.47. The van der Waals surface area contributed by atoms with Gasteiger partial charge >= 0.3 is 0 Å². The third kappa shape index (κ3) is 4.02. The van der Waals surface area contributed by atoms with Crippen LogP contribution >= 0.6 is 0 Å². The molecule has 2 aromatic rings. The number of piperidine rings is 1. The van der Waals surface area contributed by atoms with Crippen molar-refractivity contribution >= 4 is 15.9 Å². The Bertz CT molecular complexity index is 964. The fourth-order valence-corrected chi connectivity index (χ4v) is 4.12. The Kier molecular flexibility index (Phi) is 5.71. The zero-order valence-corrected chi connectivity index (χ0v) is 17.3. The van der Waals surface area contributed by atoms with Gasteiger partial charge < -0.3 is 9.64 Å². The van der Waals surface area contributed by atoms with Crippen LogP contribution in [0.1, 0.15) is 29.0 Å². The SMILES string of the molecule is COc1cccc(-n2nnc(C(=O)N3CCC(N(C)S(C)(=O)=O)CC3)c2C)c1. The van der Waals surface area contributed by atoms with E-state index in [0.29, 0.717) is 43.1 Å². The molecule has 1 saturated heterocycles. The first-order chi connectivity index (χ1) is 13.2. The molecule has 152 valence electrons. The molecule has 0 spiro atoms. The van der Waals surface area contributed by atoms with Crippen LogP contribution in [0.5, 0.6) is 5.75 Å². The van der Waals surface area contributed by atoms with Crippen LogP contribution < -0.4 is 4.74 Å². The van der Waals surface area contributed by atoms with Crippen molar-refractivity contribution in [3.8, 4) is 11.4 Å². The highest BCUT2D eigenvalue weighted by molar-refractivity contribution is 7.88. The van der Waals surface area contributed by atoms with E-state index >= 15 is 0 Å². The van der Waals surface area contributed by atoms with E-state index in [-0.39, 0.29) is 11.9 Å². The zero-order chi connectivity index (χ0) is 20.5. The smallest absolute Gasteiger partial charge is 0.276 e. The third-order valence-electron chi connectivity index (χ3n) is 5.18. The van der Waals surface area contributed by atoms with Crippen molar-refractivity contribution in [3.05, 3.63) is 35.7 Å². The fourth-order valence-electron chi connectivity index (χ4n) is 3.37. The quantitative estimate of drug-likeness (QED) is 0.736. The van der Waals surface area contributed by atoms with Gasteiger partial charge in [-0.25, -0.2) is 17.4 Å². The summed E-state index contributed by atoms with van der Waals surface area (Å²) in [6.45, 7) is 2.76. The van der Waals surface area contributed by atoms with Gasteiger partial charge in [-0.1, -0.05) is 11.3 Å². The molecule has 28 heavy (non-hydrogen) atoms. The van der Waals surface area contributed by atoms with Crippen molar-refractivity contribution in [2.24, 2.45) is 0 Å². The molecule has 1 aromatic carbocycles. The van der Waals surface area contributed by atoms with E-state index in [9.17, 15) is 13.2 Å². The minimum Gasteiger partial charge on any atom is -0.497 e. The second kappa shape index (κ2) is 7.88. The normalized spacial score (nSPS) is 15.8. The van der Waals surface area contributed by atoms with Gasteiger partial charge in [0, 0.05) is 32.2 Å². The molecular weight excluding hydrogens is 382 g/mol.